The van der Waals surface area contributed by atoms with Crippen LogP contribution in [0.2, 0.25) is 0 Å². The third-order valence-corrected chi connectivity index (χ3v) is 5.21. The van der Waals surface area contributed by atoms with E-state index < -0.39 is 6.09 Å². The summed E-state index contributed by atoms with van der Waals surface area (Å²) < 4.78 is 5.51. The molecule has 0 atom stereocenters. The molecule has 2 aromatic carbocycles. The Balaban J connectivity index is 1.29. The predicted octanol–water partition coefficient (Wildman–Crippen LogP) is 4.25. The zero-order chi connectivity index (χ0) is 20.9. The number of alkyl carbamates (subject to hydrolysis) is 1. The number of rotatable bonds is 4. The van der Waals surface area contributed by atoms with Gasteiger partial charge in [-0.15, -0.1) is 0 Å². The van der Waals surface area contributed by atoms with Crippen LogP contribution in [0.25, 0.3) is 11.1 Å². The number of fused-ring (bicyclic) bond motifs is 3. The molecular formula is C25H23N3O2. The van der Waals surface area contributed by atoms with Crippen molar-refractivity contribution in [1.29, 1.82) is 0 Å². The van der Waals surface area contributed by atoms with Gasteiger partial charge in [0, 0.05) is 30.6 Å². The smallest absolute Gasteiger partial charge is 0.407 e. The van der Waals surface area contributed by atoms with Crippen molar-refractivity contribution in [2.45, 2.75) is 19.3 Å². The number of carbonyl (C=O) groups is 1. The summed E-state index contributed by atoms with van der Waals surface area (Å²) in [7, 11) is 0. The van der Waals surface area contributed by atoms with Crippen molar-refractivity contribution in [3.8, 4) is 23.0 Å². The number of anilines is 1. The zero-order valence-corrected chi connectivity index (χ0v) is 16.8. The molecule has 30 heavy (non-hydrogen) atoms. The lowest BCUT2D eigenvalue weighted by Crippen LogP contribution is -2.26. The number of aromatic nitrogens is 1. The van der Waals surface area contributed by atoms with E-state index in [4.69, 9.17) is 10.5 Å². The van der Waals surface area contributed by atoms with Crippen LogP contribution >= 0.6 is 0 Å². The van der Waals surface area contributed by atoms with Gasteiger partial charge in [0.25, 0.3) is 0 Å². The standard InChI is InChI=1S/C25H23N3O2/c1-17-14-18(15-28-24(17)26)8-6-7-13-27-25(29)30-16-23-21-11-4-2-9-19(21)20-10-3-5-12-22(20)23/h2-5,9-12,14-15,23H,7,13,16H2,1H3,(H2,26,28)(H,27,29). The van der Waals surface area contributed by atoms with Crippen molar-refractivity contribution in [1.82, 2.24) is 10.3 Å². The molecule has 5 nitrogen and oxygen atoms in total. The van der Waals surface area contributed by atoms with Gasteiger partial charge in [0.2, 0.25) is 0 Å². The Kier molecular flexibility index (Phi) is 5.67. The third-order valence-electron chi connectivity index (χ3n) is 5.21. The van der Waals surface area contributed by atoms with Gasteiger partial charge in [-0.25, -0.2) is 9.78 Å². The average molecular weight is 397 g/mol. The SMILES string of the molecule is Cc1cc(C#CCCNC(=O)OCC2c3ccccc3-c3ccccc32)cnc1N. The molecule has 0 fully saturated rings. The first kappa shape index (κ1) is 19.5. The van der Waals surface area contributed by atoms with Crippen molar-refractivity contribution in [3.05, 3.63) is 83.0 Å². The number of nitrogens with zero attached hydrogens (tertiary/aromatic N) is 1. The number of nitrogens with one attached hydrogen (secondary N) is 1. The Labute approximate surface area is 176 Å². The molecular weight excluding hydrogens is 374 g/mol. The molecule has 3 aromatic rings. The highest BCUT2D eigenvalue weighted by Gasteiger charge is 2.28. The van der Waals surface area contributed by atoms with Gasteiger partial charge in [0.05, 0.1) is 0 Å². The summed E-state index contributed by atoms with van der Waals surface area (Å²) in [6, 6.07) is 18.4. The van der Waals surface area contributed by atoms with Crippen LogP contribution in [0, 0.1) is 18.8 Å². The molecule has 150 valence electrons. The minimum Gasteiger partial charge on any atom is -0.449 e. The molecule has 1 heterocycles. The minimum atomic E-state index is -0.427. The largest absolute Gasteiger partial charge is 0.449 e. The summed E-state index contributed by atoms with van der Waals surface area (Å²) in [5.74, 6) is 6.62. The Bertz CT molecular complexity index is 1100. The van der Waals surface area contributed by atoms with Gasteiger partial charge in [-0.05, 0) is 40.8 Å². The van der Waals surface area contributed by atoms with Crippen LogP contribution in [-0.4, -0.2) is 24.2 Å². The molecule has 0 unspecified atom stereocenters. The Hall–Kier alpha value is -3.78. The fourth-order valence-corrected chi connectivity index (χ4v) is 3.69. The highest BCUT2D eigenvalue weighted by atomic mass is 16.5. The third kappa shape index (κ3) is 4.13. The van der Waals surface area contributed by atoms with Crippen molar-refractivity contribution >= 4 is 11.9 Å². The minimum absolute atomic E-state index is 0.0594. The average Bonchev–Trinajstić information content (AvgIpc) is 3.08. The maximum absolute atomic E-state index is 12.1. The van der Waals surface area contributed by atoms with E-state index in [2.05, 4.69) is 46.4 Å². The molecule has 0 aliphatic heterocycles. The summed E-state index contributed by atoms with van der Waals surface area (Å²) in [6.07, 6.45) is 1.74. The molecule has 5 heteroatoms. The second-order valence-corrected chi connectivity index (χ2v) is 7.23. The van der Waals surface area contributed by atoms with Gasteiger partial charge in [-0.1, -0.05) is 60.4 Å². The number of hydrogen-bond acceptors (Lipinski definition) is 4. The number of hydrogen-bond donors (Lipinski definition) is 2. The fraction of sp³-hybridized carbons (Fsp3) is 0.200. The molecule has 4 rings (SSSR count). The molecule has 0 saturated carbocycles. The van der Waals surface area contributed by atoms with E-state index in [9.17, 15) is 4.79 Å². The molecule has 1 amide bonds. The monoisotopic (exact) mass is 397 g/mol. The first-order valence-corrected chi connectivity index (χ1v) is 9.93. The van der Waals surface area contributed by atoms with Crippen molar-refractivity contribution in [2.75, 3.05) is 18.9 Å². The predicted molar refractivity (Wildman–Crippen MR) is 118 cm³/mol. The van der Waals surface area contributed by atoms with Gasteiger partial charge in [-0.3, -0.25) is 0 Å². The number of pyridine rings is 1. The summed E-state index contributed by atoms with van der Waals surface area (Å²) in [6.45, 7) is 2.62. The van der Waals surface area contributed by atoms with E-state index in [-0.39, 0.29) is 5.92 Å². The van der Waals surface area contributed by atoms with Crippen molar-refractivity contribution < 1.29 is 9.53 Å². The molecule has 1 aliphatic rings. The van der Waals surface area contributed by atoms with E-state index in [0.717, 1.165) is 11.1 Å². The van der Waals surface area contributed by atoms with Gasteiger partial charge in [0.15, 0.2) is 0 Å². The number of carbonyl (C=O) groups excluding carboxylic acids is 1. The Morgan fingerprint density at radius 2 is 1.80 bits per heavy atom. The van der Waals surface area contributed by atoms with Gasteiger partial charge in [-0.2, -0.15) is 0 Å². The molecule has 1 aromatic heterocycles. The van der Waals surface area contributed by atoms with Crippen LogP contribution < -0.4 is 11.1 Å². The molecule has 0 radical (unpaired) electrons. The van der Waals surface area contributed by atoms with Gasteiger partial charge < -0.3 is 15.8 Å². The van der Waals surface area contributed by atoms with Crippen molar-refractivity contribution in [3.63, 3.8) is 0 Å². The quantitative estimate of drug-likeness (QED) is 0.510. The second kappa shape index (κ2) is 8.71. The summed E-state index contributed by atoms with van der Waals surface area (Å²) in [5.41, 5.74) is 12.2. The lowest BCUT2D eigenvalue weighted by Gasteiger charge is -2.14. The zero-order valence-electron chi connectivity index (χ0n) is 16.8. The number of ether oxygens (including phenoxy) is 1. The van der Waals surface area contributed by atoms with Crippen LogP contribution in [0.3, 0.4) is 0 Å². The van der Waals surface area contributed by atoms with Crippen molar-refractivity contribution in [2.24, 2.45) is 0 Å². The normalized spacial score (nSPS) is 11.8. The van der Waals surface area contributed by atoms with Crippen LogP contribution in [0.15, 0.2) is 60.8 Å². The molecule has 0 saturated heterocycles. The van der Waals surface area contributed by atoms with E-state index in [0.29, 0.717) is 25.4 Å². The fourth-order valence-electron chi connectivity index (χ4n) is 3.69. The first-order valence-electron chi connectivity index (χ1n) is 9.93. The second-order valence-electron chi connectivity index (χ2n) is 7.23. The van der Waals surface area contributed by atoms with Gasteiger partial charge in [0.1, 0.15) is 12.4 Å². The van der Waals surface area contributed by atoms with Crippen LogP contribution in [0.4, 0.5) is 10.6 Å². The van der Waals surface area contributed by atoms with E-state index in [1.807, 2.05) is 37.3 Å². The van der Waals surface area contributed by atoms with Crippen LogP contribution in [-0.2, 0) is 4.74 Å². The highest BCUT2D eigenvalue weighted by Crippen LogP contribution is 2.44. The molecule has 0 bridgehead atoms. The number of amides is 1. The topological polar surface area (TPSA) is 77.2 Å². The molecule has 0 spiro atoms. The highest BCUT2D eigenvalue weighted by molar-refractivity contribution is 5.79. The van der Waals surface area contributed by atoms with E-state index in [1.54, 1.807) is 6.20 Å². The van der Waals surface area contributed by atoms with Crippen LogP contribution in [0.5, 0.6) is 0 Å². The number of nitrogens with two attached hydrogens (primary N) is 1. The van der Waals surface area contributed by atoms with E-state index in [1.165, 1.54) is 22.3 Å². The summed E-state index contributed by atoms with van der Waals surface area (Å²) in [5, 5.41) is 2.76. The number of aryl methyl sites for hydroxylation is 1. The summed E-state index contributed by atoms with van der Waals surface area (Å²) >= 11 is 0. The summed E-state index contributed by atoms with van der Waals surface area (Å²) in [4.78, 5) is 16.2. The number of benzene rings is 2. The lowest BCUT2D eigenvalue weighted by atomic mass is 9.98. The maximum atomic E-state index is 12.1. The first-order chi connectivity index (χ1) is 14.6. The number of nitrogen functional groups attached to an aromatic ring is 1. The van der Waals surface area contributed by atoms with E-state index >= 15 is 0 Å². The lowest BCUT2D eigenvalue weighted by molar-refractivity contribution is 0.143. The Morgan fingerprint density at radius 3 is 2.47 bits per heavy atom. The Morgan fingerprint density at radius 1 is 1.13 bits per heavy atom. The molecule has 3 N–H and O–H groups in total. The van der Waals surface area contributed by atoms with Crippen LogP contribution in [0.1, 0.15) is 34.6 Å². The molecule has 1 aliphatic carbocycles. The van der Waals surface area contributed by atoms with Gasteiger partial charge >= 0.3 is 6.09 Å². The maximum Gasteiger partial charge on any atom is 0.407 e.